The molecule has 1 fully saturated rings. The van der Waals surface area contributed by atoms with E-state index in [2.05, 4.69) is 5.32 Å². The van der Waals surface area contributed by atoms with E-state index in [4.69, 9.17) is 9.15 Å². The van der Waals surface area contributed by atoms with Gasteiger partial charge in [0.1, 0.15) is 23.9 Å². The summed E-state index contributed by atoms with van der Waals surface area (Å²) in [6, 6.07) is 15.4. The zero-order valence-electron chi connectivity index (χ0n) is 19.9. The Morgan fingerprint density at radius 1 is 1.11 bits per heavy atom. The standard InChI is InChI=1S/C28H29FN2O4/c1-17(2)30-27(32)25-12-11-23(35-25)16-34-22-10-7-18-13-14-31(28(33)20-3-4-20)26(24(18)15-22)19-5-8-21(29)9-6-19/h5-12,15,17,20,26H,3-4,13-14,16H2,1-2H3,(H,30,32). The number of hydrogen-bond donors (Lipinski definition) is 1. The van der Waals surface area contributed by atoms with Gasteiger partial charge in [0, 0.05) is 18.5 Å². The third-order valence-corrected chi connectivity index (χ3v) is 6.43. The lowest BCUT2D eigenvalue weighted by atomic mass is 9.87. The van der Waals surface area contributed by atoms with Gasteiger partial charge in [-0.05, 0) is 86.2 Å². The minimum Gasteiger partial charge on any atom is -0.486 e. The van der Waals surface area contributed by atoms with Gasteiger partial charge in [0.2, 0.25) is 5.91 Å². The maximum absolute atomic E-state index is 13.6. The lowest BCUT2D eigenvalue weighted by molar-refractivity contribution is -0.134. The van der Waals surface area contributed by atoms with E-state index in [1.165, 1.54) is 12.1 Å². The Kier molecular flexibility index (Phi) is 6.32. The van der Waals surface area contributed by atoms with Crippen molar-refractivity contribution in [2.75, 3.05) is 6.54 Å². The highest BCUT2D eigenvalue weighted by Crippen LogP contribution is 2.41. The first-order valence-corrected chi connectivity index (χ1v) is 12.1. The molecule has 1 aromatic heterocycles. The fraction of sp³-hybridized carbons (Fsp3) is 0.357. The number of amides is 2. The minimum atomic E-state index is -0.304. The van der Waals surface area contributed by atoms with Crippen LogP contribution in [-0.4, -0.2) is 29.3 Å². The van der Waals surface area contributed by atoms with E-state index < -0.39 is 0 Å². The molecule has 5 rings (SSSR count). The SMILES string of the molecule is CC(C)NC(=O)c1ccc(COc2ccc3c(c2)C(c2ccc(F)cc2)N(C(=O)C2CC2)CC3)o1. The largest absolute Gasteiger partial charge is 0.486 e. The number of furan rings is 1. The first-order chi connectivity index (χ1) is 16.9. The average molecular weight is 477 g/mol. The number of halogens is 1. The molecule has 2 aliphatic rings. The predicted octanol–water partition coefficient (Wildman–Crippen LogP) is 5.02. The molecule has 182 valence electrons. The summed E-state index contributed by atoms with van der Waals surface area (Å²) < 4.78 is 25.3. The van der Waals surface area contributed by atoms with Crippen LogP contribution < -0.4 is 10.1 Å². The van der Waals surface area contributed by atoms with Gasteiger partial charge in [-0.1, -0.05) is 18.2 Å². The van der Waals surface area contributed by atoms with Crippen LogP contribution in [0, 0.1) is 11.7 Å². The zero-order chi connectivity index (χ0) is 24.5. The number of ether oxygens (including phenoxy) is 1. The summed E-state index contributed by atoms with van der Waals surface area (Å²) in [5, 5.41) is 2.80. The number of carbonyl (C=O) groups is 2. The van der Waals surface area contributed by atoms with Gasteiger partial charge >= 0.3 is 0 Å². The fourth-order valence-electron chi connectivity index (χ4n) is 4.56. The van der Waals surface area contributed by atoms with Crippen LogP contribution in [0.25, 0.3) is 0 Å². The number of carbonyl (C=O) groups excluding carboxylic acids is 2. The van der Waals surface area contributed by atoms with Gasteiger partial charge in [0.25, 0.3) is 5.91 Å². The Morgan fingerprint density at radius 3 is 2.60 bits per heavy atom. The number of hydrogen-bond acceptors (Lipinski definition) is 4. The van der Waals surface area contributed by atoms with E-state index in [1.807, 2.05) is 36.9 Å². The van der Waals surface area contributed by atoms with Crippen molar-refractivity contribution in [3.63, 3.8) is 0 Å². The van der Waals surface area contributed by atoms with Crippen molar-refractivity contribution < 1.29 is 23.1 Å². The first kappa shape index (κ1) is 23.1. The third-order valence-electron chi connectivity index (χ3n) is 6.43. The lowest BCUT2D eigenvalue weighted by Crippen LogP contribution is -2.41. The van der Waals surface area contributed by atoms with Gasteiger partial charge in [0.15, 0.2) is 5.76 Å². The zero-order valence-corrected chi connectivity index (χ0v) is 19.9. The second-order valence-electron chi connectivity index (χ2n) is 9.55. The number of nitrogens with one attached hydrogen (secondary N) is 1. The van der Waals surface area contributed by atoms with Crippen molar-refractivity contribution in [1.29, 1.82) is 0 Å². The van der Waals surface area contributed by atoms with Crippen LogP contribution in [0.5, 0.6) is 5.75 Å². The van der Waals surface area contributed by atoms with Gasteiger partial charge in [0.05, 0.1) is 6.04 Å². The normalized spacial score (nSPS) is 17.3. The topological polar surface area (TPSA) is 71.8 Å². The molecular weight excluding hydrogens is 447 g/mol. The maximum atomic E-state index is 13.6. The minimum absolute atomic E-state index is 0.0169. The highest BCUT2D eigenvalue weighted by Gasteiger charge is 2.39. The number of fused-ring (bicyclic) bond motifs is 1. The first-order valence-electron chi connectivity index (χ1n) is 12.1. The molecule has 6 nitrogen and oxygen atoms in total. The highest BCUT2D eigenvalue weighted by atomic mass is 19.1. The predicted molar refractivity (Wildman–Crippen MR) is 128 cm³/mol. The van der Waals surface area contributed by atoms with E-state index in [9.17, 15) is 14.0 Å². The Labute approximate surface area is 204 Å². The van der Waals surface area contributed by atoms with E-state index in [0.717, 1.165) is 36.0 Å². The van der Waals surface area contributed by atoms with Gasteiger partial charge in [-0.2, -0.15) is 0 Å². The van der Waals surface area contributed by atoms with E-state index in [0.29, 0.717) is 18.1 Å². The van der Waals surface area contributed by atoms with Crippen molar-refractivity contribution in [2.24, 2.45) is 5.92 Å². The van der Waals surface area contributed by atoms with Gasteiger partial charge < -0.3 is 19.4 Å². The van der Waals surface area contributed by atoms with Crippen LogP contribution in [0.3, 0.4) is 0 Å². The van der Waals surface area contributed by atoms with E-state index in [1.54, 1.807) is 24.3 Å². The van der Waals surface area contributed by atoms with Crippen LogP contribution in [-0.2, 0) is 17.8 Å². The van der Waals surface area contributed by atoms with Crippen molar-refractivity contribution >= 4 is 11.8 Å². The van der Waals surface area contributed by atoms with Gasteiger partial charge in [-0.25, -0.2) is 4.39 Å². The third kappa shape index (κ3) is 5.09. The smallest absolute Gasteiger partial charge is 0.287 e. The van der Waals surface area contributed by atoms with Crippen molar-refractivity contribution in [3.8, 4) is 5.75 Å². The van der Waals surface area contributed by atoms with Crippen LogP contribution >= 0.6 is 0 Å². The Balaban J connectivity index is 1.38. The summed E-state index contributed by atoms with van der Waals surface area (Å²) in [6.45, 7) is 4.58. The molecule has 7 heteroatoms. The highest BCUT2D eigenvalue weighted by molar-refractivity contribution is 5.91. The van der Waals surface area contributed by atoms with E-state index >= 15 is 0 Å². The molecule has 1 unspecified atom stereocenters. The molecule has 0 radical (unpaired) electrons. The number of benzene rings is 2. The molecule has 1 aliphatic heterocycles. The molecule has 1 N–H and O–H groups in total. The maximum Gasteiger partial charge on any atom is 0.287 e. The number of rotatable bonds is 7. The van der Waals surface area contributed by atoms with E-state index in [-0.39, 0.29) is 48.0 Å². The Bertz CT molecular complexity index is 1230. The molecule has 0 saturated heterocycles. The molecule has 3 aromatic rings. The summed E-state index contributed by atoms with van der Waals surface area (Å²) >= 11 is 0. The molecule has 0 spiro atoms. The fourth-order valence-corrected chi connectivity index (χ4v) is 4.56. The summed E-state index contributed by atoms with van der Waals surface area (Å²) in [6.07, 6.45) is 2.63. The van der Waals surface area contributed by atoms with Gasteiger partial charge in [-0.15, -0.1) is 0 Å². The lowest BCUT2D eigenvalue weighted by Gasteiger charge is -2.38. The molecule has 0 bridgehead atoms. The molecule has 1 aliphatic carbocycles. The van der Waals surface area contributed by atoms with Crippen LogP contribution in [0.2, 0.25) is 0 Å². The second kappa shape index (κ2) is 9.56. The monoisotopic (exact) mass is 476 g/mol. The van der Waals surface area contributed by atoms with Gasteiger partial charge in [-0.3, -0.25) is 9.59 Å². The molecule has 35 heavy (non-hydrogen) atoms. The van der Waals surface area contributed by atoms with Crippen LogP contribution in [0.4, 0.5) is 4.39 Å². The average Bonchev–Trinajstić information content (AvgIpc) is 3.59. The molecule has 1 atom stereocenters. The second-order valence-corrected chi connectivity index (χ2v) is 9.55. The Morgan fingerprint density at radius 2 is 1.89 bits per heavy atom. The van der Waals surface area contributed by atoms with Crippen molar-refractivity contribution in [2.45, 2.75) is 51.8 Å². The Hall–Kier alpha value is -3.61. The summed E-state index contributed by atoms with van der Waals surface area (Å²) in [5.74, 6) is 1.12. The van der Waals surface area contributed by atoms with Crippen LogP contribution in [0.15, 0.2) is 59.0 Å². The molecule has 1 saturated carbocycles. The quantitative estimate of drug-likeness (QED) is 0.520. The van der Waals surface area contributed by atoms with Crippen LogP contribution in [0.1, 0.15) is 65.7 Å². The summed E-state index contributed by atoms with van der Waals surface area (Å²) in [4.78, 5) is 27.2. The number of nitrogens with zero attached hydrogens (tertiary/aromatic N) is 1. The molecular formula is C28H29FN2O4. The molecule has 2 amide bonds. The summed E-state index contributed by atoms with van der Waals surface area (Å²) in [5.41, 5.74) is 3.02. The van der Waals surface area contributed by atoms with Crippen molar-refractivity contribution in [3.05, 3.63) is 88.6 Å². The van der Waals surface area contributed by atoms with Crippen molar-refractivity contribution in [1.82, 2.24) is 10.2 Å². The summed E-state index contributed by atoms with van der Waals surface area (Å²) in [7, 11) is 0. The molecule has 2 aromatic carbocycles. The molecule has 2 heterocycles.